The number of hydrogen-bond acceptors (Lipinski definition) is 3. The van der Waals surface area contributed by atoms with E-state index in [9.17, 15) is 14.9 Å². The molecule has 0 atom stereocenters. The van der Waals surface area contributed by atoms with Crippen molar-refractivity contribution in [2.45, 2.75) is 0 Å². The smallest absolute Gasteiger partial charge is 0.286 e. The number of hydrogen-bond donors (Lipinski definition) is 1. The Bertz CT molecular complexity index is 421. The van der Waals surface area contributed by atoms with E-state index < -0.39 is 4.92 Å². The van der Waals surface area contributed by atoms with Crippen LogP contribution in [0.5, 0.6) is 0 Å². The van der Waals surface area contributed by atoms with Crippen LogP contribution in [0, 0.1) is 22.5 Å². The molecule has 14 heavy (non-hydrogen) atoms. The molecule has 1 aromatic carbocycles. The highest BCUT2D eigenvalue weighted by atomic mass is 16.6. The van der Waals surface area contributed by atoms with Crippen LogP contribution >= 0.6 is 0 Å². The van der Waals surface area contributed by atoms with Crippen molar-refractivity contribution in [3.8, 4) is 12.3 Å². The van der Waals surface area contributed by atoms with Crippen LogP contribution in [0.4, 0.5) is 11.4 Å². The summed E-state index contributed by atoms with van der Waals surface area (Å²) in [7, 11) is 0. The van der Waals surface area contributed by atoms with E-state index in [4.69, 9.17) is 6.42 Å². The lowest BCUT2D eigenvalue weighted by Gasteiger charge is -1.99. The Morgan fingerprint density at radius 3 is 2.79 bits per heavy atom. The quantitative estimate of drug-likeness (QED) is 0.336. The first kappa shape index (κ1) is 9.74. The Balaban J connectivity index is 3.22. The molecular formula is C9H6N2O3. The Morgan fingerprint density at radius 1 is 1.57 bits per heavy atom. The summed E-state index contributed by atoms with van der Waals surface area (Å²) in [6.45, 7) is 0. The second kappa shape index (κ2) is 4.05. The first-order chi connectivity index (χ1) is 6.69. The number of carbonyl (C=O) groups is 1. The van der Waals surface area contributed by atoms with Crippen molar-refractivity contribution in [3.63, 3.8) is 0 Å². The molecule has 70 valence electrons. The zero-order valence-electron chi connectivity index (χ0n) is 7.06. The summed E-state index contributed by atoms with van der Waals surface area (Å²) in [6, 6.07) is 4.12. The first-order valence-electron chi connectivity index (χ1n) is 3.64. The average molecular weight is 190 g/mol. The molecule has 0 bridgehead atoms. The molecule has 1 aromatic rings. The minimum absolute atomic E-state index is 0.187. The predicted octanol–water partition coefficient (Wildman–Crippen LogP) is 1.14. The van der Waals surface area contributed by atoms with Gasteiger partial charge in [0, 0.05) is 11.8 Å². The molecule has 1 amide bonds. The van der Waals surface area contributed by atoms with Gasteiger partial charge in [0.15, 0.2) is 0 Å². The number of rotatable bonds is 3. The normalized spacial score (nSPS) is 8.79. The number of nitro groups is 1. The van der Waals surface area contributed by atoms with Gasteiger partial charge in [-0.3, -0.25) is 14.9 Å². The summed E-state index contributed by atoms with van der Waals surface area (Å²) in [5.41, 5.74) is 0.330. The Labute approximate surface area is 79.9 Å². The van der Waals surface area contributed by atoms with E-state index in [0.717, 1.165) is 0 Å². The third-order valence-corrected chi connectivity index (χ3v) is 1.58. The largest absolute Gasteiger partial charge is 0.328 e. The molecule has 0 aliphatic rings. The fraction of sp³-hybridized carbons (Fsp3) is 0. The molecule has 0 aliphatic carbocycles. The molecule has 0 aromatic heterocycles. The van der Waals surface area contributed by atoms with E-state index in [-0.39, 0.29) is 11.3 Å². The fourth-order valence-electron chi connectivity index (χ4n) is 0.963. The minimum Gasteiger partial charge on any atom is -0.328 e. The molecular weight excluding hydrogens is 184 g/mol. The van der Waals surface area contributed by atoms with Gasteiger partial charge in [-0.2, -0.15) is 0 Å². The molecule has 0 heterocycles. The molecule has 1 rings (SSSR count). The molecule has 0 unspecified atom stereocenters. The fourth-order valence-corrected chi connectivity index (χ4v) is 0.963. The van der Waals surface area contributed by atoms with Gasteiger partial charge in [-0.05, 0) is 12.1 Å². The van der Waals surface area contributed by atoms with E-state index >= 15 is 0 Å². The zero-order valence-corrected chi connectivity index (χ0v) is 7.06. The van der Waals surface area contributed by atoms with Gasteiger partial charge in [0.25, 0.3) is 5.69 Å². The Morgan fingerprint density at radius 2 is 2.29 bits per heavy atom. The second-order valence-corrected chi connectivity index (χ2v) is 2.40. The monoisotopic (exact) mass is 190 g/mol. The Kier molecular flexibility index (Phi) is 2.82. The van der Waals surface area contributed by atoms with Crippen molar-refractivity contribution in [2.24, 2.45) is 0 Å². The zero-order chi connectivity index (χ0) is 10.6. The van der Waals surface area contributed by atoms with Gasteiger partial charge < -0.3 is 5.32 Å². The summed E-state index contributed by atoms with van der Waals surface area (Å²) in [6.07, 6.45) is 5.51. The van der Waals surface area contributed by atoms with E-state index in [1.807, 2.05) is 0 Å². The molecule has 0 spiro atoms. The third-order valence-electron chi connectivity index (χ3n) is 1.58. The maximum Gasteiger partial charge on any atom is 0.286 e. The molecule has 5 heteroatoms. The molecule has 1 N–H and O–H groups in total. The lowest BCUT2D eigenvalue weighted by molar-refractivity contribution is -0.385. The molecule has 0 saturated heterocycles. The molecule has 0 fully saturated rings. The van der Waals surface area contributed by atoms with Crippen LogP contribution in [0.1, 0.15) is 5.56 Å². The van der Waals surface area contributed by atoms with Crippen molar-refractivity contribution in [1.29, 1.82) is 0 Å². The maximum absolute atomic E-state index is 10.5. The van der Waals surface area contributed by atoms with Crippen LogP contribution in [-0.2, 0) is 4.79 Å². The summed E-state index contributed by atoms with van der Waals surface area (Å²) >= 11 is 0. The number of nitrogens with zero attached hydrogens (tertiary/aromatic N) is 1. The maximum atomic E-state index is 10.5. The van der Waals surface area contributed by atoms with Crippen molar-refractivity contribution in [2.75, 3.05) is 5.32 Å². The van der Waals surface area contributed by atoms with E-state index in [1.165, 1.54) is 18.2 Å². The Hall–Kier alpha value is -2.35. The highest BCUT2D eigenvalue weighted by Crippen LogP contribution is 2.21. The summed E-state index contributed by atoms with van der Waals surface area (Å²) in [5, 5.41) is 12.8. The number of nitrogens with one attached hydrogen (secondary N) is 1. The van der Waals surface area contributed by atoms with E-state index in [1.54, 1.807) is 0 Å². The highest BCUT2D eigenvalue weighted by Gasteiger charge is 2.12. The second-order valence-electron chi connectivity index (χ2n) is 2.40. The lowest BCUT2D eigenvalue weighted by Crippen LogP contribution is -1.97. The van der Waals surface area contributed by atoms with Gasteiger partial charge in [-0.1, -0.05) is 5.92 Å². The highest BCUT2D eigenvalue weighted by molar-refractivity contribution is 5.73. The predicted molar refractivity (Wildman–Crippen MR) is 50.7 cm³/mol. The topological polar surface area (TPSA) is 72.2 Å². The van der Waals surface area contributed by atoms with E-state index in [0.29, 0.717) is 12.1 Å². The molecule has 0 aliphatic heterocycles. The van der Waals surface area contributed by atoms with Gasteiger partial charge in [0.1, 0.15) is 5.56 Å². The van der Waals surface area contributed by atoms with Crippen molar-refractivity contribution >= 4 is 17.8 Å². The minimum atomic E-state index is -0.592. The van der Waals surface area contributed by atoms with Crippen LogP contribution in [0.2, 0.25) is 0 Å². The number of anilines is 1. The number of amides is 1. The third kappa shape index (κ3) is 1.87. The van der Waals surface area contributed by atoms with Gasteiger partial charge in [-0.25, -0.2) is 0 Å². The molecule has 0 saturated carbocycles. The van der Waals surface area contributed by atoms with Gasteiger partial charge in [0.05, 0.1) is 4.92 Å². The number of carbonyl (C=O) groups excluding carboxylic acids is 1. The summed E-state index contributed by atoms with van der Waals surface area (Å²) in [5.74, 6) is 2.19. The lowest BCUT2D eigenvalue weighted by atomic mass is 10.1. The SMILES string of the molecule is C#Cc1ccc(NC=O)cc1[N+](=O)[O-]. The van der Waals surface area contributed by atoms with Crippen molar-refractivity contribution in [1.82, 2.24) is 0 Å². The molecule has 0 radical (unpaired) electrons. The van der Waals surface area contributed by atoms with Crippen molar-refractivity contribution in [3.05, 3.63) is 33.9 Å². The van der Waals surface area contributed by atoms with Crippen LogP contribution < -0.4 is 5.32 Å². The number of benzene rings is 1. The standard InChI is InChI=1S/C9H6N2O3/c1-2-7-3-4-8(10-6-12)5-9(7)11(13)14/h1,3-6H,(H,10,12). The summed E-state index contributed by atoms with van der Waals surface area (Å²) in [4.78, 5) is 20.0. The number of terminal acetylenes is 1. The van der Waals surface area contributed by atoms with Crippen LogP contribution in [0.15, 0.2) is 18.2 Å². The van der Waals surface area contributed by atoms with E-state index in [2.05, 4.69) is 11.2 Å². The van der Waals surface area contributed by atoms with Gasteiger partial charge in [0.2, 0.25) is 6.41 Å². The van der Waals surface area contributed by atoms with Crippen LogP contribution in [-0.4, -0.2) is 11.3 Å². The summed E-state index contributed by atoms with van der Waals surface area (Å²) < 4.78 is 0. The van der Waals surface area contributed by atoms with Gasteiger partial charge >= 0.3 is 0 Å². The van der Waals surface area contributed by atoms with Crippen LogP contribution in [0.25, 0.3) is 0 Å². The first-order valence-corrected chi connectivity index (χ1v) is 3.64. The van der Waals surface area contributed by atoms with Crippen molar-refractivity contribution < 1.29 is 9.72 Å². The van der Waals surface area contributed by atoms with Gasteiger partial charge in [-0.15, -0.1) is 6.42 Å². The van der Waals surface area contributed by atoms with Crippen LogP contribution in [0.3, 0.4) is 0 Å². The number of nitro benzene ring substituents is 1. The average Bonchev–Trinajstić information content (AvgIpc) is 2.18. The molecule has 5 nitrogen and oxygen atoms in total.